The van der Waals surface area contributed by atoms with Gasteiger partial charge in [0.25, 0.3) is 5.91 Å². The van der Waals surface area contributed by atoms with Crippen molar-refractivity contribution in [2.75, 3.05) is 20.2 Å². The van der Waals surface area contributed by atoms with E-state index in [-0.39, 0.29) is 42.5 Å². The molecular weight excluding hydrogens is 439 g/mol. The number of halogens is 1. The van der Waals surface area contributed by atoms with E-state index in [1.54, 1.807) is 19.2 Å². The van der Waals surface area contributed by atoms with E-state index in [9.17, 15) is 14.0 Å². The van der Waals surface area contributed by atoms with E-state index >= 15 is 0 Å². The fourth-order valence-electron chi connectivity index (χ4n) is 3.92. The summed E-state index contributed by atoms with van der Waals surface area (Å²) in [6.45, 7) is 1.29. The van der Waals surface area contributed by atoms with Crippen LogP contribution in [0.25, 0.3) is 0 Å². The minimum Gasteiger partial charge on any atom is -0.496 e. The van der Waals surface area contributed by atoms with Crippen molar-refractivity contribution in [3.63, 3.8) is 0 Å². The van der Waals surface area contributed by atoms with Crippen molar-refractivity contribution < 1.29 is 27.9 Å². The Kier molecular flexibility index (Phi) is 7.47. The number of benzene rings is 2. The van der Waals surface area contributed by atoms with Crippen LogP contribution in [0.5, 0.6) is 11.5 Å². The van der Waals surface area contributed by atoms with Gasteiger partial charge in [-0.25, -0.2) is 4.39 Å². The summed E-state index contributed by atoms with van der Waals surface area (Å²) in [6.07, 6.45) is 1.63. The van der Waals surface area contributed by atoms with E-state index in [0.29, 0.717) is 43.2 Å². The number of hydrogen-bond acceptors (Lipinski definition) is 5. The number of nitrogens with one attached hydrogen (secondary N) is 1. The highest BCUT2D eigenvalue weighted by atomic mass is 19.1. The monoisotopic (exact) mass is 466 g/mol. The lowest BCUT2D eigenvalue weighted by Crippen LogP contribution is -2.46. The van der Waals surface area contributed by atoms with Crippen molar-refractivity contribution in [1.82, 2.24) is 10.2 Å². The first-order valence-corrected chi connectivity index (χ1v) is 11.2. The summed E-state index contributed by atoms with van der Waals surface area (Å²) in [5.41, 5.74) is 0.863. The van der Waals surface area contributed by atoms with E-state index in [4.69, 9.17) is 13.9 Å². The zero-order valence-electron chi connectivity index (χ0n) is 19.0. The first-order valence-electron chi connectivity index (χ1n) is 11.2. The molecule has 1 fully saturated rings. The fraction of sp³-hybridized carbons (Fsp3) is 0.308. The molecule has 0 bridgehead atoms. The second-order valence-corrected chi connectivity index (χ2v) is 8.13. The number of para-hydroxylation sites is 1. The summed E-state index contributed by atoms with van der Waals surface area (Å²) in [6, 6.07) is 16.4. The van der Waals surface area contributed by atoms with Crippen LogP contribution in [0.4, 0.5) is 4.39 Å². The summed E-state index contributed by atoms with van der Waals surface area (Å²) < 4.78 is 29.4. The maximum Gasteiger partial charge on any atom is 0.287 e. The first kappa shape index (κ1) is 23.4. The average Bonchev–Trinajstić information content (AvgIpc) is 3.34. The Hall–Kier alpha value is -3.81. The van der Waals surface area contributed by atoms with Crippen LogP contribution in [0.3, 0.4) is 0 Å². The maximum absolute atomic E-state index is 13.0. The summed E-state index contributed by atoms with van der Waals surface area (Å²) in [5, 5.41) is 2.98. The zero-order chi connectivity index (χ0) is 23.9. The Morgan fingerprint density at radius 2 is 1.79 bits per heavy atom. The minimum atomic E-state index is -0.337. The minimum absolute atomic E-state index is 0.0353. The number of rotatable bonds is 8. The molecule has 0 radical (unpaired) electrons. The number of methoxy groups -OCH3 is 1. The van der Waals surface area contributed by atoms with Gasteiger partial charge in [-0.1, -0.05) is 18.2 Å². The van der Waals surface area contributed by atoms with Gasteiger partial charge < -0.3 is 24.1 Å². The van der Waals surface area contributed by atoms with Crippen molar-refractivity contribution in [2.24, 2.45) is 0 Å². The highest BCUT2D eigenvalue weighted by molar-refractivity contribution is 5.91. The Morgan fingerprint density at radius 3 is 2.53 bits per heavy atom. The van der Waals surface area contributed by atoms with Crippen LogP contribution in [0.15, 0.2) is 65.1 Å². The number of amides is 2. The Bertz CT molecular complexity index is 1120. The third-order valence-corrected chi connectivity index (χ3v) is 5.80. The Morgan fingerprint density at radius 1 is 1.06 bits per heavy atom. The van der Waals surface area contributed by atoms with E-state index in [1.165, 1.54) is 24.3 Å². The molecule has 178 valence electrons. The van der Waals surface area contributed by atoms with Crippen molar-refractivity contribution in [3.05, 3.63) is 83.6 Å². The lowest BCUT2D eigenvalue weighted by Gasteiger charge is -2.32. The molecule has 2 heterocycles. The lowest BCUT2D eigenvalue weighted by molar-refractivity contribution is -0.131. The van der Waals surface area contributed by atoms with Gasteiger partial charge in [-0.15, -0.1) is 0 Å². The number of piperidine rings is 1. The summed E-state index contributed by atoms with van der Waals surface area (Å²) in [7, 11) is 1.60. The smallest absolute Gasteiger partial charge is 0.287 e. The van der Waals surface area contributed by atoms with Crippen molar-refractivity contribution in [1.29, 1.82) is 0 Å². The van der Waals surface area contributed by atoms with Gasteiger partial charge >= 0.3 is 0 Å². The molecule has 1 aliphatic rings. The van der Waals surface area contributed by atoms with Crippen LogP contribution in [-0.2, 0) is 17.8 Å². The first-order chi connectivity index (χ1) is 16.5. The second-order valence-electron chi connectivity index (χ2n) is 8.13. The number of carbonyl (C=O) groups excluding carboxylic acids is 2. The predicted molar refractivity (Wildman–Crippen MR) is 123 cm³/mol. The van der Waals surface area contributed by atoms with Gasteiger partial charge in [0, 0.05) is 24.7 Å². The Labute approximate surface area is 197 Å². The number of ether oxygens (including phenoxy) is 2. The van der Waals surface area contributed by atoms with Gasteiger partial charge in [-0.3, -0.25) is 9.59 Å². The molecule has 1 aromatic heterocycles. The normalized spacial score (nSPS) is 14.0. The van der Waals surface area contributed by atoms with Crippen LogP contribution in [0.2, 0.25) is 0 Å². The van der Waals surface area contributed by atoms with Crippen LogP contribution >= 0.6 is 0 Å². The molecule has 0 aliphatic carbocycles. The van der Waals surface area contributed by atoms with Gasteiger partial charge in [0.1, 0.15) is 29.7 Å². The molecule has 3 aromatic rings. The van der Waals surface area contributed by atoms with E-state index in [1.807, 2.05) is 29.2 Å². The van der Waals surface area contributed by atoms with Gasteiger partial charge in [-0.2, -0.15) is 0 Å². The lowest BCUT2D eigenvalue weighted by atomic mass is 10.0. The number of likely N-dealkylation sites (tertiary alicyclic amines) is 1. The predicted octanol–water partition coefficient (Wildman–Crippen LogP) is 3.97. The average molecular weight is 467 g/mol. The van der Waals surface area contributed by atoms with E-state index in [0.717, 1.165) is 5.56 Å². The summed E-state index contributed by atoms with van der Waals surface area (Å²) in [5.74, 6) is 1.32. The Balaban J connectivity index is 1.23. The van der Waals surface area contributed by atoms with Crippen molar-refractivity contribution >= 4 is 11.8 Å². The molecule has 0 spiro atoms. The molecular formula is C26H27FN2O5. The molecule has 1 saturated heterocycles. The third-order valence-electron chi connectivity index (χ3n) is 5.80. The van der Waals surface area contributed by atoms with Gasteiger partial charge in [0.05, 0.1) is 13.5 Å². The summed E-state index contributed by atoms with van der Waals surface area (Å²) >= 11 is 0. The second kappa shape index (κ2) is 10.9. The van der Waals surface area contributed by atoms with E-state index in [2.05, 4.69) is 5.32 Å². The standard InChI is InChI=1S/C26H27FN2O5/c1-32-23-5-3-2-4-18(23)16-25(30)29-14-12-20(13-15-29)28-26(31)24-11-10-22(34-24)17-33-21-8-6-19(27)7-9-21/h2-11,20H,12-17H2,1H3,(H,28,31). The fourth-order valence-corrected chi connectivity index (χ4v) is 3.92. The molecule has 8 heteroatoms. The van der Waals surface area contributed by atoms with Crippen LogP contribution < -0.4 is 14.8 Å². The molecule has 0 atom stereocenters. The molecule has 1 N–H and O–H groups in total. The molecule has 0 unspecified atom stereocenters. The van der Waals surface area contributed by atoms with Crippen LogP contribution in [0.1, 0.15) is 34.7 Å². The third kappa shape index (κ3) is 5.95. The number of carbonyl (C=O) groups is 2. The van der Waals surface area contributed by atoms with Crippen molar-refractivity contribution in [2.45, 2.75) is 31.9 Å². The van der Waals surface area contributed by atoms with Crippen LogP contribution in [-0.4, -0.2) is 43.0 Å². The van der Waals surface area contributed by atoms with E-state index < -0.39 is 0 Å². The maximum atomic E-state index is 13.0. The summed E-state index contributed by atoms with van der Waals surface area (Å²) in [4.78, 5) is 27.1. The highest BCUT2D eigenvalue weighted by Crippen LogP contribution is 2.20. The SMILES string of the molecule is COc1ccccc1CC(=O)N1CCC(NC(=O)c2ccc(COc3ccc(F)cc3)o2)CC1. The highest BCUT2D eigenvalue weighted by Gasteiger charge is 2.25. The number of hydrogen-bond donors (Lipinski definition) is 1. The molecule has 2 amide bonds. The largest absolute Gasteiger partial charge is 0.496 e. The molecule has 2 aromatic carbocycles. The van der Waals surface area contributed by atoms with Gasteiger partial charge in [-0.05, 0) is 55.3 Å². The number of furan rings is 1. The van der Waals surface area contributed by atoms with Crippen molar-refractivity contribution in [3.8, 4) is 11.5 Å². The molecule has 34 heavy (non-hydrogen) atoms. The zero-order valence-corrected chi connectivity index (χ0v) is 19.0. The van der Waals surface area contributed by atoms with Crippen LogP contribution in [0, 0.1) is 5.82 Å². The van der Waals surface area contributed by atoms with Gasteiger partial charge in [0.15, 0.2) is 5.76 Å². The number of nitrogens with zero attached hydrogens (tertiary/aromatic N) is 1. The quantitative estimate of drug-likeness (QED) is 0.543. The topological polar surface area (TPSA) is 81.0 Å². The molecule has 1 aliphatic heterocycles. The molecule has 7 nitrogen and oxygen atoms in total. The van der Waals surface area contributed by atoms with Gasteiger partial charge in [0.2, 0.25) is 5.91 Å². The molecule has 0 saturated carbocycles. The molecule has 4 rings (SSSR count).